The quantitative estimate of drug-likeness (QED) is 0.907. The maximum absolute atomic E-state index is 12.2. The third-order valence-electron chi connectivity index (χ3n) is 5.18. The Balaban J connectivity index is 1.41. The van der Waals surface area contributed by atoms with Gasteiger partial charge in [0.15, 0.2) is 0 Å². The van der Waals surface area contributed by atoms with E-state index < -0.39 is 0 Å². The van der Waals surface area contributed by atoms with Gasteiger partial charge in [0.05, 0.1) is 0 Å². The number of carbonyl (C=O) groups is 1. The number of benzene rings is 1. The second-order valence-corrected chi connectivity index (χ2v) is 6.95. The van der Waals surface area contributed by atoms with Gasteiger partial charge in [0.2, 0.25) is 5.91 Å². The van der Waals surface area contributed by atoms with Crippen LogP contribution >= 0.6 is 0 Å². The topological polar surface area (TPSA) is 41.6 Å². The predicted molar refractivity (Wildman–Crippen MR) is 91.1 cm³/mol. The summed E-state index contributed by atoms with van der Waals surface area (Å²) in [6.07, 6.45) is 2.92. The third-order valence-corrected chi connectivity index (χ3v) is 5.18. The Morgan fingerprint density at radius 1 is 1.26 bits per heavy atom. The zero-order chi connectivity index (χ0) is 16.1. The molecule has 4 heteroatoms. The van der Waals surface area contributed by atoms with E-state index in [1.54, 1.807) is 0 Å². The van der Waals surface area contributed by atoms with Crippen LogP contribution in [0.4, 0.5) is 0 Å². The van der Waals surface area contributed by atoms with Crippen LogP contribution in [0.3, 0.4) is 0 Å². The van der Waals surface area contributed by atoms with Crippen molar-refractivity contribution in [1.29, 1.82) is 0 Å². The van der Waals surface area contributed by atoms with Crippen LogP contribution in [0.15, 0.2) is 24.3 Å². The van der Waals surface area contributed by atoms with E-state index in [1.807, 2.05) is 0 Å². The summed E-state index contributed by atoms with van der Waals surface area (Å²) in [5.41, 5.74) is 2.78. The molecule has 0 aliphatic carbocycles. The first kappa shape index (κ1) is 16.5. The minimum atomic E-state index is 0.160. The monoisotopic (exact) mass is 316 g/mol. The summed E-state index contributed by atoms with van der Waals surface area (Å²) >= 11 is 0. The molecule has 0 spiro atoms. The van der Waals surface area contributed by atoms with E-state index in [4.69, 9.17) is 4.74 Å². The number of amides is 1. The molecule has 1 N–H and O–H groups in total. The number of aryl methyl sites for hydroxylation is 1. The van der Waals surface area contributed by atoms with Gasteiger partial charge >= 0.3 is 0 Å². The van der Waals surface area contributed by atoms with E-state index in [0.29, 0.717) is 5.92 Å². The van der Waals surface area contributed by atoms with Gasteiger partial charge < -0.3 is 10.1 Å². The van der Waals surface area contributed by atoms with Gasteiger partial charge in [-0.1, -0.05) is 24.3 Å². The van der Waals surface area contributed by atoms with E-state index in [-0.39, 0.29) is 11.8 Å². The minimum Gasteiger partial charge on any atom is -0.381 e. The lowest BCUT2D eigenvalue weighted by molar-refractivity contribution is -0.128. The highest BCUT2D eigenvalue weighted by molar-refractivity contribution is 5.78. The Labute approximate surface area is 139 Å². The molecular formula is C19H28N2O2. The lowest BCUT2D eigenvalue weighted by atomic mass is 9.99. The molecule has 2 aliphatic rings. The van der Waals surface area contributed by atoms with Crippen molar-refractivity contribution >= 4 is 5.91 Å². The van der Waals surface area contributed by atoms with Crippen molar-refractivity contribution < 1.29 is 9.53 Å². The summed E-state index contributed by atoms with van der Waals surface area (Å²) in [6, 6.07) is 8.61. The maximum Gasteiger partial charge on any atom is 0.223 e. The molecule has 23 heavy (non-hydrogen) atoms. The fraction of sp³-hybridized carbons (Fsp3) is 0.632. The second kappa shape index (κ2) is 7.93. The molecule has 0 unspecified atom stereocenters. The standard InChI is InChI=1S/C19H28N2O2/c1-15-4-2-3-5-18(15)14-21-9-6-16(13-21)12-20-19(22)17-7-10-23-11-8-17/h2-5,16-17H,6-14H2,1H3,(H,20,22)/t16-/m1/s1. The first-order valence-corrected chi connectivity index (χ1v) is 8.84. The molecule has 2 heterocycles. The number of carbonyl (C=O) groups excluding carboxylic acids is 1. The van der Waals surface area contributed by atoms with Crippen molar-refractivity contribution in [3.63, 3.8) is 0 Å². The van der Waals surface area contributed by atoms with Gasteiger partial charge in [0.1, 0.15) is 0 Å². The molecular weight excluding hydrogens is 288 g/mol. The molecule has 1 amide bonds. The summed E-state index contributed by atoms with van der Waals surface area (Å²) in [4.78, 5) is 14.7. The molecule has 126 valence electrons. The third kappa shape index (κ3) is 4.55. The number of hydrogen-bond acceptors (Lipinski definition) is 3. The highest BCUT2D eigenvalue weighted by Crippen LogP contribution is 2.20. The largest absolute Gasteiger partial charge is 0.381 e. The van der Waals surface area contributed by atoms with Crippen LogP contribution in [0.2, 0.25) is 0 Å². The highest BCUT2D eigenvalue weighted by atomic mass is 16.5. The summed E-state index contributed by atoms with van der Waals surface area (Å²) in [7, 11) is 0. The first-order valence-electron chi connectivity index (χ1n) is 8.84. The van der Waals surface area contributed by atoms with Crippen molar-refractivity contribution in [2.75, 3.05) is 32.8 Å². The van der Waals surface area contributed by atoms with Crippen LogP contribution in [0, 0.1) is 18.8 Å². The molecule has 2 fully saturated rings. The van der Waals surface area contributed by atoms with E-state index >= 15 is 0 Å². The van der Waals surface area contributed by atoms with Crippen molar-refractivity contribution in [2.45, 2.75) is 32.7 Å². The minimum absolute atomic E-state index is 0.160. The van der Waals surface area contributed by atoms with E-state index in [0.717, 1.165) is 52.2 Å². The zero-order valence-corrected chi connectivity index (χ0v) is 14.1. The van der Waals surface area contributed by atoms with Crippen LogP contribution in [0.1, 0.15) is 30.4 Å². The van der Waals surface area contributed by atoms with E-state index in [2.05, 4.69) is 41.4 Å². The molecule has 0 bridgehead atoms. The van der Waals surface area contributed by atoms with Gasteiger partial charge in [-0.25, -0.2) is 0 Å². The Hall–Kier alpha value is -1.39. The van der Waals surface area contributed by atoms with Gasteiger partial charge in [-0.05, 0) is 49.8 Å². The van der Waals surface area contributed by atoms with E-state index in [1.165, 1.54) is 17.5 Å². The first-order chi connectivity index (χ1) is 11.2. The van der Waals surface area contributed by atoms with Gasteiger partial charge in [0, 0.05) is 38.8 Å². The Morgan fingerprint density at radius 2 is 2.04 bits per heavy atom. The number of nitrogens with one attached hydrogen (secondary N) is 1. The van der Waals surface area contributed by atoms with Crippen LogP contribution in [0.5, 0.6) is 0 Å². The number of rotatable bonds is 5. The molecule has 1 aromatic rings. The lowest BCUT2D eigenvalue weighted by Crippen LogP contribution is -2.37. The van der Waals surface area contributed by atoms with Crippen LogP contribution in [-0.4, -0.2) is 43.7 Å². The Bertz CT molecular complexity index is 526. The predicted octanol–water partition coefficient (Wildman–Crippen LogP) is 2.36. The van der Waals surface area contributed by atoms with Crippen LogP contribution in [-0.2, 0) is 16.1 Å². The summed E-state index contributed by atoms with van der Waals surface area (Å²) in [5, 5.41) is 3.17. The molecule has 3 rings (SSSR count). The summed E-state index contributed by atoms with van der Waals surface area (Å²) < 4.78 is 5.32. The lowest BCUT2D eigenvalue weighted by Gasteiger charge is -2.22. The number of likely N-dealkylation sites (tertiary alicyclic amines) is 1. The number of hydrogen-bond donors (Lipinski definition) is 1. The smallest absolute Gasteiger partial charge is 0.223 e. The number of nitrogens with zero attached hydrogens (tertiary/aromatic N) is 1. The van der Waals surface area contributed by atoms with Gasteiger partial charge in [-0.15, -0.1) is 0 Å². The highest BCUT2D eigenvalue weighted by Gasteiger charge is 2.25. The van der Waals surface area contributed by atoms with E-state index in [9.17, 15) is 4.79 Å². The molecule has 0 aromatic heterocycles. The summed E-state index contributed by atoms with van der Waals surface area (Å²) in [5.74, 6) is 0.974. The van der Waals surface area contributed by atoms with Crippen molar-refractivity contribution in [2.24, 2.45) is 11.8 Å². The molecule has 0 saturated carbocycles. The van der Waals surface area contributed by atoms with Crippen molar-refractivity contribution in [3.05, 3.63) is 35.4 Å². The molecule has 2 aliphatic heterocycles. The second-order valence-electron chi connectivity index (χ2n) is 6.95. The SMILES string of the molecule is Cc1ccccc1CN1CC[C@H](CNC(=O)C2CCOCC2)C1. The van der Waals surface area contributed by atoms with Crippen molar-refractivity contribution in [3.8, 4) is 0 Å². The fourth-order valence-corrected chi connectivity index (χ4v) is 3.60. The van der Waals surface area contributed by atoms with Gasteiger partial charge in [-0.2, -0.15) is 0 Å². The average molecular weight is 316 g/mol. The van der Waals surface area contributed by atoms with Gasteiger partial charge in [-0.3, -0.25) is 9.69 Å². The molecule has 1 aromatic carbocycles. The molecule has 1 atom stereocenters. The normalized spacial score (nSPS) is 23.1. The Kier molecular flexibility index (Phi) is 5.68. The summed E-state index contributed by atoms with van der Waals surface area (Å²) in [6.45, 7) is 7.69. The fourth-order valence-electron chi connectivity index (χ4n) is 3.60. The number of ether oxygens (including phenoxy) is 1. The molecule has 4 nitrogen and oxygen atoms in total. The molecule has 0 radical (unpaired) electrons. The zero-order valence-electron chi connectivity index (χ0n) is 14.1. The molecule has 2 saturated heterocycles. The van der Waals surface area contributed by atoms with Crippen molar-refractivity contribution in [1.82, 2.24) is 10.2 Å². The average Bonchev–Trinajstić information content (AvgIpc) is 3.03. The van der Waals surface area contributed by atoms with Gasteiger partial charge in [0.25, 0.3) is 0 Å². The van der Waals surface area contributed by atoms with Crippen LogP contribution < -0.4 is 5.32 Å². The van der Waals surface area contributed by atoms with Crippen LogP contribution in [0.25, 0.3) is 0 Å². The Morgan fingerprint density at radius 3 is 2.83 bits per heavy atom. The maximum atomic E-state index is 12.2.